The molecule has 0 aliphatic rings. The minimum Gasteiger partial charge on any atom is -0.493 e. The molecule has 0 spiro atoms. The zero-order valence-electron chi connectivity index (χ0n) is 16.4. The molecule has 0 unspecified atom stereocenters. The first kappa shape index (κ1) is 22.0. The van der Waals surface area contributed by atoms with Gasteiger partial charge in [-0.3, -0.25) is 4.79 Å². The van der Waals surface area contributed by atoms with E-state index < -0.39 is 6.61 Å². The molecule has 0 heterocycles. The predicted octanol–water partition coefficient (Wildman–Crippen LogP) is 3.69. The lowest BCUT2D eigenvalue weighted by Gasteiger charge is -2.11. The summed E-state index contributed by atoms with van der Waals surface area (Å²) in [6, 6.07) is 9.98. The Balaban J connectivity index is 1.89. The van der Waals surface area contributed by atoms with Gasteiger partial charge in [0.15, 0.2) is 23.0 Å². The summed E-state index contributed by atoms with van der Waals surface area (Å²) >= 11 is 0. The number of alkyl halides is 2. The Labute approximate surface area is 168 Å². The maximum Gasteiger partial charge on any atom is 0.387 e. The Morgan fingerprint density at radius 3 is 2.28 bits per heavy atom. The number of methoxy groups -OCH3 is 3. The van der Waals surface area contributed by atoms with Crippen molar-refractivity contribution in [3.05, 3.63) is 53.6 Å². The summed E-state index contributed by atoms with van der Waals surface area (Å²) in [5, 5.41) is 2.76. The van der Waals surface area contributed by atoms with E-state index in [1.807, 2.05) is 0 Å². The van der Waals surface area contributed by atoms with Gasteiger partial charge in [0.25, 0.3) is 0 Å². The molecule has 29 heavy (non-hydrogen) atoms. The van der Waals surface area contributed by atoms with Crippen LogP contribution in [0, 0.1) is 0 Å². The molecule has 0 aliphatic heterocycles. The van der Waals surface area contributed by atoms with Crippen molar-refractivity contribution in [1.82, 2.24) is 5.32 Å². The molecule has 6 nitrogen and oxygen atoms in total. The molecule has 0 fully saturated rings. The largest absolute Gasteiger partial charge is 0.493 e. The van der Waals surface area contributed by atoms with Gasteiger partial charge in [-0.15, -0.1) is 0 Å². The molecule has 8 heteroatoms. The number of hydrogen-bond donors (Lipinski definition) is 1. The lowest BCUT2D eigenvalue weighted by molar-refractivity contribution is -0.116. The van der Waals surface area contributed by atoms with Crippen LogP contribution in [0.1, 0.15) is 11.1 Å². The highest BCUT2D eigenvalue weighted by Crippen LogP contribution is 2.30. The summed E-state index contributed by atoms with van der Waals surface area (Å²) in [5.74, 6) is 1.10. The second-order valence-electron chi connectivity index (χ2n) is 5.85. The molecule has 1 amide bonds. The minimum atomic E-state index is -2.92. The van der Waals surface area contributed by atoms with E-state index in [9.17, 15) is 13.6 Å². The van der Waals surface area contributed by atoms with Crippen LogP contribution < -0.4 is 24.3 Å². The molecular weight excluding hydrogens is 384 g/mol. The highest BCUT2D eigenvalue weighted by atomic mass is 19.3. The van der Waals surface area contributed by atoms with Crippen molar-refractivity contribution >= 4 is 12.0 Å². The van der Waals surface area contributed by atoms with Crippen LogP contribution in [0.15, 0.2) is 42.5 Å². The van der Waals surface area contributed by atoms with Gasteiger partial charge in [0.05, 0.1) is 21.3 Å². The van der Waals surface area contributed by atoms with Crippen molar-refractivity contribution in [2.75, 3.05) is 27.9 Å². The second kappa shape index (κ2) is 10.9. The summed E-state index contributed by atoms with van der Waals surface area (Å²) in [5.41, 5.74) is 1.60. The molecule has 0 aromatic heterocycles. The first-order valence-electron chi connectivity index (χ1n) is 8.76. The second-order valence-corrected chi connectivity index (χ2v) is 5.85. The average Bonchev–Trinajstić information content (AvgIpc) is 2.72. The van der Waals surface area contributed by atoms with Gasteiger partial charge in [0.2, 0.25) is 5.91 Å². The van der Waals surface area contributed by atoms with Gasteiger partial charge < -0.3 is 24.3 Å². The smallest absolute Gasteiger partial charge is 0.387 e. The van der Waals surface area contributed by atoms with E-state index in [1.54, 1.807) is 50.6 Å². The van der Waals surface area contributed by atoms with Crippen LogP contribution in [0.25, 0.3) is 6.08 Å². The molecule has 1 N–H and O–H groups in total. The average molecular weight is 407 g/mol. The molecule has 0 bridgehead atoms. The van der Waals surface area contributed by atoms with Crippen LogP contribution >= 0.6 is 0 Å². The third-order valence-corrected chi connectivity index (χ3v) is 3.99. The number of carbonyl (C=O) groups is 1. The van der Waals surface area contributed by atoms with Gasteiger partial charge in [-0.25, -0.2) is 0 Å². The molecule has 0 saturated carbocycles. The van der Waals surface area contributed by atoms with Crippen molar-refractivity contribution in [3.63, 3.8) is 0 Å². The summed E-state index contributed by atoms with van der Waals surface area (Å²) in [4.78, 5) is 12.0. The van der Waals surface area contributed by atoms with Crippen molar-refractivity contribution in [1.29, 1.82) is 0 Å². The first-order chi connectivity index (χ1) is 14.0. The summed E-state index contributed by atoms with van der Waals surface area (Å²) < 4.78 is 44.6. The number of nitrogens with one attached hydrogen (secondary N) is 1. The zero-order chi connectivity index (χ0) is 21.2. The Hall–Kier alpha value is -3.29. The number of amides is 1. The van der Waals surface area contributed by atoms with Crippen molar-refractivity contribution in [3.8, 4) is 23.0 Å². The summed E-state index contributed by atoms with van der Waals surface area (Å²) in [6.45, 7) is -2.56. The number of ether oxygens (including phenoxy) is 4. The number of benzene rings is 2. The monoisotopic (exact) mass is 407 g/mol. The first-order valence-corrected chi connectivity index (χ1v) is 8.76. The molecule has 2 rings (SSSR count). The zero-order valence-corrected chi connectivity index (χ0v) is 16.4. The van der Waals surface area contributed by atoms with E-state index in [0.717, 1.165) is 11.1 Å². The molecule has 2 aromatic carbocycles. The third-order valence-electron chi connectivity index (χ3n) is 3.99. The number of halogens is 2. The third kappa shape index (κ3) is 6.67. The highest BCUT2D eigenvalue weighted by molar-refractivity contribution is 5.91. The van der Waals surface area contributed by atoms with Crippen LogP contribution in [-0.2, 0) is 11.2 Å². The lowest BCUT2D eigenvalue weighted by Crippen LogP contribution is -2.23. The number of hydrogen-bond acceptors (Lipinski definition) is 5. The molecule has 0 saturated heterocycles. The van der Waals surface area contributed by atoms with E-state index in [-0.39, 0.29) is 17.4 Å². The highest BCUT2D eigenvalue weighted by Gasteiger charge is 2.11. The fourth-order valence-corrected chi connectivity index (χ4v) is 2.58. The molecule has 2 aromatic rings. The Kier molecular flexibility index (Phi) is 8.27. The Morgan fingerprint density at radius 2 is 1.62 bits per heavy atom. The normalized spacial score (nSPS) is 10.8. The van der Waals surface area contributed by atoms with Gasteiger partial charge in [0.1, 0.15) is 0 Å². The maximum absolute atomic E-state index is 12.4. The van der Waals surface area contributed by atoms with Gasteiger partial charge in [-0.05, 0) is 47.9 Å². The van der Waals surface area contributed by atoms with Gasteiger partial charge >= 0.3 is 6.61 Å². The van der Waals surface area contributed by atoms with Crippen molar-refractivity contribution < 1.29 is 32.5 Å². The van der Waals surface area contributed by atoms with E-state index in [1.165, 1.54) is 19.3 Å². The molecular formula is C21H23F2NO5. The summed E-state index contributed by atoms with van der Waals surface area (Å²) in [6.07, 6.45) is 3.58. The van der Waals surface area contributed by atoms with E-state index in [2.05, 4.69) is 10.1 Å². The van der Waals surface area contributed by atoms with Crippen LogP contribution in [0.2, 0.25) is 0 Å². The fourth-order valence-electron chi connectivity index (χ4n) is 2.58. The predicted molar refractivity (Wildman–Crippen MR) is 105 cm³/mol. The topological polar surface area (TPSA) is 66.0 Å². The van der Waals surface area contributed by atoms with Crippen LogP contribution in [0.3, 0.4) is 0 Å². The van der Waals surface area contributed by atoms with Crippen molar-refractivity contribution in [2.45, 2.75) is 13.0 Å². The maximum atomic E-state index is 12.4. The van der Waals surface area contributed by atoms with Crippen LogP contribution in [-0.4, -0.2) is 40.4 Å². The SMILES string of the molecule is COc1ccc(/C=C/C(=O)NCCc2ccc(OC(F)F)c(OC)c2)cc1OC. The molecule has 0 atom stereocenters. The van der Waals surface area contributed by atoms with E-state index >= 15 is 0 Å². The lowest BCUT2D eigenvalue weighted by atomic mass is 10.1. The van der Waals surface area contributed by atoms with Crippen LogP contribution in [0.5, 0.6) is 23.0 Å². The number of rotatable bonds is 10. The summed E-state index contributed by atoms with van der Waals surface area (Å²) in [7, 11) is 4.47. The van der Waals surface area contributed by atoms with E-state index in [0.29, 0.717) is 24.5 Å². The van der Waals surface area contributed by atoms with E-state index in [4.69, 9.17) is 14.2 Å². The minimum absolute atomic E-state index is 0.0341. The van der Waals surface area contributed by atoms with Gasteiger partial charge in [-0.1, -0.05) is 12.1 Å². The number of carbonyl (C=O) groups excluding carboxylic acids is 1. The Morgan fingerprint density at radius 1 is 0.966 bits per heavy atom. The molecule has 0 aliphatic carbocycles. The standard InChI is InChI=1S/C21H23F2NO5/c1-26-16-7-4-14(12-18(16)27-2)6-9-20(25)24-11-10-15-5-8-17(29-21(22)23)19(13-15)28-3/h4-9,12-13,21H,10-11H2,1-3H3,(H,24,25)/b9-6+. The van der Waals surface area contributed by atoms with Gasteiger partial charge in [-0.2, -0.15) is 8.78 Å². The fraction of sp³-hybridized carbons (Fsp3) is 0.286. The van der Waals surface area contributed by atoms with Crippen LogP contribution in [0.4, 0.5) is 8.78 Å². The van der Waals surface area contributed by atoms with Gasteiger partial charge in [0, 0.05) is 12.6 Å². The quantitative estimate of drug-likeness (QED) is 0.609. The van der Waals surface area contributed by atoms with Crippen molar-refractivity contribution in [2.24, 2.45) is 0 Å². The molecule has 156 valence electrons. The molecule has 0 radical (unpaired) electrons. The Bertz CT molecular complexity index is 855.